The molecule has 0 bridgehead atoms. The molecular weight excluding hydrogens is 540 g/mol. The van der Waals surface area contributed by atoms with Gasteiger partial charge in [0.15, 0.2) is 0 Å². The van der Waals surface area contributed by atoms with Crippen molar-refractivity contribution in [3.8, 4) is 12.3 Å². The van der Waals surface area contributed by atoms with Crippen LogP contribution in [0.2, 0.25) is 0 Å². The minimum Gasteiger partial charge on any atom is -0.368 e. The predicted octanol–water partition coefficient (Wildman–Crippen LogP) is 2.89. The van der Waals surface area contributed by atoms with E-state index in [-0.39, 0.29) is 16.1 Å². The van der Waals surface area contributed by atoms with Gasteiger partial charge in [0, 0.05) is 55.0 Å². The van der Waals surface area contributed by atoms with Gasteiger partial charge in [-0.05, 0) is 26.9 Å². The first-order chi connectivity index (χ1) is 14.2. The zero-order chi connectivity index (χ0) is 22.5. The monoisotopic (exact) mass is 564 g/mol. The largest absolute Gasteiger partial charge is 0.368 e. The number of nitrogens with zero attached hydrogens (tertiary/aromatic N) is 4. The SMILES string of the molecule is C#Cc1cc([N+](=O)[O-])cc(S(=O)(=O)N2CCC(N(C)C)CC2)c1N(CCBr)CCBr. The molecule has 0 saturated carbocycles. The molecule has 166 valence electrons. The molecule has 0 N–H and O–H groups in total. The van der Waals surface area contributed by atoms with E-state index in [9.17, 15) is 18.5 Å². The van der Waals surface area contributed by atoms with E-state index in [1.165, 1.54) is 10.4 Å². The number of rotatable bonds is 9. The molecule has 8 nitrogen and oxygen atoms in total. The van der Waals surface area contributed by atoms with Crippen molar-refractivity contribution in [3.63, 3.8) is 0 Å². The van der Waals surface area contributed by atoms with Crippen molar-refractivity contribution in [2.75, 3.05) is 55.8 Å². The molecule has 1 aliphatic heterocycles. The molecule has 0 atom stereocenters. The van der Waals surface area contributed by atoms with E-state index in [2.05, 4.69) is 42.7 Å². The molecule has 1 fully saturated rings. The van der Waals surface area contributed by atoms with Crippen LogP contribution in [0.25, 0.3) is 0 Å². The second-order valence-corrected chi connectivity index (χ2v) is 10.7. The average molecular weight is 566 g/mol. The summed E-state index contributed by atoms with van der Waals surface area (Å²) in [6.45, 7) is 1.72. The molecule has 0 spiro atoms. The standard InChI is InChI=1S/C19H26Br2N4O4S/c1-4-15-13-17(25(26)27)14-18(19(15)23(11-7-20)12-8-21)30(28,29)24-9-5-16(6-10-24)22(2)3/h1,13-14,16H,5-12H2,2-3H3. The Labute approximate surface area is 195 Å². The molecule has 1 aliphatic rings. The van der Waals surface area contributed by atoms with Gasteiger partial charge in [0.05, 0.1) is 16.2 Å². The highest BCUT2D eigenvalue weighted by Crippen LogP contribution is 2.36. The highest BCUT2D eigenvalue weighted by atomic mass is 79.9. The van der Waals surface area contributed by atoms with Gasteiger partial charge in [0.1, 0.15) is 4.90 Å². The zero-order valence-corrected chi connectivity index (χ0v) is 21.0. The van der Waals surface area contributed by atoms with Crippen LogP contribution in [0.3, 0.4) is 0 Å². The fourth-order valence-corrected chi connectivity index (χ4v) is 6.19. The number of hydrogen-bond acceptors (Lipinski definition) is 6. The summed E-state index contributed by atoms with van der Waals surface area (Å²) in [5, 5.41) is 12.7. The number of piperidine rings is 1. The van der Waals surface area contributed by atoms with Gasteiger partial charge in [0.25, 0.3) is 5.69 Å². The number of sulfonamides is 1. The molecular formula is C19H26Br2N4O4S. The number of alkyl halides is 2. The Kier molecular flexibility index (Phi) is 9.12. The molecule has 1 aromatic rings. The second-order valence-electron chi connectivity index (χ2n) is 7.21. The summed E-state index contributed by atoms with van der Waals surface area (Å²) >= 11 is 6.78. The van der Waals surface area contributed by atoms with Gasteiger partial charge in [-0.15, -0.1) is 6.42 Å². The minimum atomic E-state index is -3.97. The van der Waals surface area contributed by atoms with E-state index >= 15 is 0 Å². The fraction of sp³-hybridized carbons (Fsp3) is 0.579. The molecule has 2 rings (SSSR count). The van der Waals surface area contributed by atoms with Crippen molar-refractivity contribution < 1.29 is 13.3 Å². The average Bonchev–Trinajstić information content (AvgIpc) is 2.72. The topological polar surface area (TPSA) is 87.0 Å². The number of halogens is 2. The minimum absolute atomic E-state index is 0.102. The molecule has 1 heterocycles. The summed E-state index contributed by atoms with van der Waals surface area (Å²) in [4.78, 5) is 14.7. The van der Waals surface area contributed by atoms with E-state index < -0.39 is 14.9 Å². The summed E-state index contributed by atoms with van der Waals surface area (Å²) in [5.41, 5.74) is 0.218. The van der Waals surface area contributed by atoms with Crippen LogP contribution in [0.5, 0.6) is 0 Å². The van der Waals surface area contributed by atoms with Crippen LogP contribution < -0.4 is 4.90 Å². The smallest absolute Gasteiger partial charge is 0.272 e. The maximum absolute atomic E-state index is 13.6. The molecule has 0 aromatic heterocycles. The second kappa shape index (κ2) is 10.9. The zero-order valence-electron chi connectivity index (χ0n) is 17.1. The lowest BCUT2D eigenvalue weighted by molar-refractivity contribution is -0.385. The van der Waals surface area contributed by atoms with Crippen molar-refractivity contribution in [3.05, 3.63) is 27.8 Å². The Morgan fingerprint density at radius 2 is 1.80 bits per heavy atom. The van der Waals surface area contributed by atoms with Crippen molar-refractivity contribution in [2.45, 2.75) is 23.8 Å². The number of anilines is 1. The van der Waals surface area contributed by atoms with Crippen molar-refractivity contribution >= 4 is 53.3 Å². The third kappa shape index (κ3) is 5.53. The van der Waals surface area contributed by atoms with E-state index in [4.69, 9.17) is 6.42 Å². The van der Waals surface area contributed by atoms with E-state index in [0.29, 0.717) is 61.4 Å². The van der Waals surface area contributed by atoms with Gasteiger partial charge < -0.3 is 9.80 Å². The summed E-state index contributed by atoms with van der Waals surface area (Å²) < 4.78 is 28.6. The molecule has 0 aliphatic carbocycles. The van der Waals surface area contributed by atoms with Gasteiger partial charge in [-0.2, -0.15) is 4.31 Å². The van der Waals surface area contributed by atoms with E-state index in [1.807, 2.05) is 19.0 Å². The van der Waals surface area contributed by atoms with Crippen LogP contribution in [0.1, 0.15) is 18.4 Å². The first kappa shape index (κ1) is 25.1. The number of non-ortho nitro benzene ring substituents is 1. The van der Waals surface area contributed by atoms with Gasteiger partial charge in [0.2, 0.25) is 10.0 Å². The predicted molar refractivity (Wildman–Crippen MR) is 126 cm³/mol. The summed E-state index contributed by atoms with van der Waals surface area (Å²) in [7, 11) is -0.0150. The summed E-state index contributed by atoms with van der Waals surface area (Å²) in [5.74, 6) is 2.46. The Bertz CT molecular complexity index is 904. The summed E-state index contributed by atoms with van der Waals surface area (Å²) in [6.07, 6.45) is 7.05. The van der Waals surface area contributed by atoms with Crippen molar-refractivity contribution in [2.24, 2.45) is 0 Å². The molecule has 1 aromatic carbocycles. The number of hydrogen-bond donors (Lipinski definition) is 0. The first-order valence-electron chi connectivity index (χ1n) is 9.49. The highest BCUT2D eigenvalue weighted by molar-refractivity contribution is 9.09. The lowest BCUT2D eigenvalue weighted by Crippen LogP contribution is -2.44. The Balaban J connectivity index is 2.62. The number of nitro groups is 1. The van der Waals surface area contributed by atoms with Crippen LogP contribution in [-0.2, 0) is 10.0 Å². The highest BCUT2D eigenvalue weighted by Gasteiger charge is 2.35. The van der Waals surface area contributed by atoms with Crippen molar-refractivity contribution in [1.29, 1.82) is 0 Å². The van der Waals surface area contributed by atoms with Crippen LogP contribution >= 0.6 is 31.9 Å². The van der Waals surface area contributed by atoms with Crippen LogP contribution in [-0.4, -0.2) is 79.5 Å². The molecule has 11 heteroatoms. The molecule has 1 saturated heterocycles. The van der Waals surface area contributed by atoms with Crippen LogP contribution in [0.4, 0.5) is 11.4 Å². The normalized spacial score (nSPS) is 15.9. The van der Waals surface area contributed by atoms with Gasteiger partial charge in [-0.1, -0.05) is 37.8 Å². The van der Waals surface area contributed by atoms with E-state index in [0.717, 1.165) is 6.07 Å². The third-order valence-corrected chi connectivity index (χ3v) is 7.84. The van der Waals surface area contributed by atoms with Crippen molar-refractivity contribution in [1.82, 2.24) is 9.21 Å². The van der Waals surface area contributed by atoms with Gasteiger partial charge >= 0.3 is 0 Å². The number of benzene rings is 1. The fourth-order valence-electron chi connectivity index (χ4n) is 3.61. The quantitative estimate of drug-likeness (QED) is 0.198. The lowest BCUT2D eigenvalue weighted by atomic mass is 10.1. The van der Waals surface area contributed by atoms with Crippen LogP contribution in [0.15, 0.2) is 17.0 Å². The maximum atomic E-state index is 13.6. The first-order valence-corrected chi connectivity index (χ1v) is 13.2. The maximum Gasteiger partial charge on any atom is 0.272 e. The molecule has 30 heavy (non-hydrogen) atoms. The Hall–Kier alpha value is -1.19. The summed E-state index contributed by atoms with van der Waals surface area (Å²) in [6, 6.07) is 2.71. The number of terminal acetylenes is 1. The van der Waals surface area contributed by atoms with Gasteiger partial charge in [-0.25, -0.2) is 8.42 Å². The van der Waals surface area contributed by atoms with Gasteiger partial charge in [-0.3, -0.25) is 10.1 Å². The number of nitro benzene ring substituents is 1. The van der Waals surface area contributed by atoms with Crippen LogP contribution in [0, 0.1) is 22.5 Å². The Morgan fingerprint density at radius 3 is 2.23 bits per heavy atom. The lowest BCUT2D eigenvalue weighted by Gasteiger charge is -2.35. The van der Waals surface area contributed by atoms with E-state index in [1.54, 1.807) is 0 Å². The molecule has 0 amide bonds. The molecule has 0 radical (unpaired) electrons. The Morgan fingerprint density at radius 1 is 1.23 bits per heavy atom. The molecule has 0 unspecified atom stereocenters. The third-order valence-electron chi connectivity index (χ3n) is 5.22.